The van der Waals surface area contributed by atoms with Crippen molar-refractivity contribution in [1.29, 1.82) is 0 Å². The van der Waals surface area contributed by atoms with Crippen molar-refractivity contribution < 1.29 is 4.74 Å². The van der Waals surface area contributed by atoms with Crippen molar-refractivity contribution in [3.05, 3.63) is 29.8 Å². The SMILES string of the molecule is CC(C)CCOc1cccc(CNC2CCCC2)c1. The van der Waals surface area contributed by atoms with Gasteiger partial charge in [0, 0.05) is 12.6 Å². The molecule has 0 atom stereocenters. The molecule has 0 amide bonds. The molecule has 1 fully saturated rings. The van der Waals surface area contributed by atoms with Crippen LogP contribution in [0.3, 0.4) is 0 Å². The van der Waals surface area contributed by atoms with Crippen LogP contribution in [-0.4, -0.2) is 12.6 Å². The van der Waals surface area contributed by atoms with Crippen LogP contribution in [0.15, 0.2) is 24.3 Å². The maximum Gasteiger partial charge on any atom is 0.119 e. The number of ether oxygens (including phenoxy) is 1. The van der Waals surface area contributed by atoms with Crippen LogP contribution in [0.25, 0.3) is 0 Å². The highest BCUT2D eigenvalue weighted by molar-refractivity contribution is 5.28. The van der Waals surface area contributed by atoms with E-state index in [-0.39, 0.29) is 0 Å². The Morgan fingerprint density at radius 2 is 2.05 bits per heavy atom. The summed E-state index contributed by atoms with van der Waals surface area (Å²) in [5.74, 6) is 1.71. The van der Waals surface area contributed by atoms with E-state index in [1.54, 1.807) is 0 Å². The monoisotopic (exact) mass is 261 g/mol. The lowest BCUT2D eigenvalue weighted by Gasteiger charge is -2.13. The first-order valence-corrected chi connectivity index (χ1v) is 7.69. The molecule has 1 aromatic carbocycles. The minimum Gasteiger partial charge on any atom is -0.494 e. The molecule has 0 aliphatic heterocycles. The molecule has 0 spiro atoms. The Morgan fingerprint density at radius 1 is 1.26 bits per heavy atom. The van der Waals surface area contributed by atoms with Crippen molar-refractivity contribution in [1.82, 2.24) is 5.32 Å². The fourth-order valence-electron chi connectivity index (χ4n) is 2.55. The quantitative estimate of drug-likeness (QED) is 0.796. The van der Waals surface area contributed by atoms with Gasteiger partial charge >= 0.3 is 0 Å². The van der Waals surface area contributed by atoms with Crippen molar-refractivity contribution in [3.63, 3.8) is 0 Å². The molecule has 0 bridgehead atoms. The molecule has 0 radical (unpaired) electrons. The third-order valence-corrected chi connectivity index (χ3v) is 3.81. The first-order valence-electron chi connectivity index (χ1n) is 7.69. The molecule has 19 heavy (non-hydrogen) atoms. The van der Waals surface area contributed by atoms with Crippen LogP contribution in [0.4, 0.5) is 0 Å². The second-order valence-electron chi connectivity index (χ2n) is 6.04. The van der Waals surface area contributed by atoms with Crippen LogP contribution in [0.2, 0.25) is 0 Å². The topological polar surface area (TPSA) is 21.3 Å². The van der Waals surface area contributed by atoms with E-state index < -0.39 is 0 Å². The van der Waals surface area contributed by atoms with Crippen molar-refractivity contribution in [3.8, 4) is 5.75 Å². The third kappa shape index (κ3) is 5.23. The summed E-state index contributed by atoms with van der Waals surface area (Å²) in [5.41, 5.74) is 1.33. The summed E-state index contributed by atoms with van der Waals surface area (Å²) in [4.78, 5) is 0. The van der Waals surface area contributed by atoms with Crippen molar-refractivity contribution >= 4 is 0 Å². The van der Waals surface area contributed by atoms with E-state index in [0.29, 0.717) is 5.92 Å². The van der Waals surface area contributed by atoms with Gasteiger partial charge in [-0.1, -0.05) is 38.8 Å². The first kappa shape index (κ1) is 14.4. The Hall–Kier alpha value is -1.02. The summed E-state index contributed by atoms with van der Waals surface area (Å²) >= 11 is 0. The van der Waals surface area contributed by atoms with Crippen molar-refractivity contribution in [2.45, 2.75) is 58.5 Å². The number of benzene rings is 1. The molecule has 0 aromatic heterocycles. The van der Waals surface area contributed by atoms with E-state index >= 15 is 0 Å². The van der Waals surface area contributed by atoms with Gasteiger partial charge < -0.3 is 10.1 Å². The van der Waals surface area contributed by atoms with Gasteiger partial charge in [0.2, 0.25) is 0 Å². The molecule has 0 unspecified atom stereocenters. The van der Waals surface area contributed by atoms with Gasteiger partial charge in [-0.3, -0.25) is 0 Å². The van der Waals surface area contributed by atoms with Gasteiger partial charge in [-0.2, -0.15) is 0 Å². The van der Waals surface area contributed by atoms with E-state index in [4.69, 9.17) is 4.74 Å². The van der Waals surface area contributed by atoms with Crippen LogP contribution in [-0.2, 0) is 6.54 Å². The van der Waals surface area contributed by atoms with Gasteiger partial charge in [-0.15, -0.1) is 0 Å². The Kier molecular flexibility index (Phi) is 5.71. The maximum absolute atomic E-state index is 5.80. The lowest BCUT2D eigenvalue weighted by molar-refractivity contribution is 0.289. The van der Waals surface area contributed by atoms with Crippen LogP contribution < -0.4 is 10.1 Å². The lowest BCUT2D eigenvalue weighted by Crippen LogP contribution is -2.25. The third-order valence-electron chi connectivity index (χ3n) is 3.81. The zero-order valence-corrected chi connectivity index (χ0v) is 12.3. The summed E-state index contributed by atoms with van der Waals surface area (Å²) < 4.78 is 5.80. The van der Waals surface area contributed by atoms with Gasteiger partial charge in [0.15, 0.2) is 0 Å². The van der Waals surface area contributed by atoms with E-state index in [9.17, 15) is 0 Å². The van der Waals surface area contributed by atoms with Gasteiger partial charge in [0.25, 0.3) is 0 Å². The van der Waals surface area contributed by atoms with Gasteiger partial charge in [0.1, 0.15) is 5.75 Å². The summed E-state index contributed by atoms with van der Waals surface area (Å²) in [5, 5.41) is 3.64. The number of nitrogens with one attached hydrogen (secondary N) is 1. The lowest BCUT2D eigenvalue weighted by atomic mass is 10.1. The Balaban J connectivity index is 1.77. The van der Waals surface area contributed by atoms with E-state index in [0.717, 1.165) is 31.4 Å². The predicted molar refractivity (Wildman–Crippen MR) is 80.5 cm³/mol. The zero-order chi connectivity index (χ0) is 13.5. The molecule has 0 heterocycles. The fraction of sp³-hybridized carbons (Fsp3) is 0.647. The largest absolute Gasteiger partial charge is 0.494 e. The van der Waals surface area contributed by atoms with Gasteiger partial charge in [-0.25, -0.2) is 0 Å². The summed E-state index contributed by atoms with van der Waals surface area (Å²) in [6.45, 7) is 6.24. The standard InChI is InChI=1S/C17H27NO/c1-14(2)10-11-19-17-9-5-6-15(12-17)13-18-16-7-3-4-8-16/h5-6,9,12,14,16,18H,3-4,7-8,10-11,13H2,1-2H3. The van der Waals surface area contributed by atoms with Crippen LogP contribution in [0, 0.1) is 5.92 Å². The molecule has 1 aliphatic rings. The Morgan fingerprint density at radius 3 is 2.79 bits per heavy atom. The number of rotatable bonds is 7. The molecule has 1 aromatic rings. The average molecular weight is 261 g/mol. The Labute approximate surface area is 117 Å². The Bertz CT molecular complexity index is 369. The number of hydrogen-bond donors (Lipinski definition) is 1. The molecule has 2 nitrogen and oxygen atoms in total. The summed E-state index contributed by atoms with van der Waals surface area (Å²) in [6.07, 6.45) is 6.56. The molecule has 1 aliphatic carbocycles. The smallest absolute Gasteiger partial charge is 0.119 e. The molecular weight excluding hydrogens is 234 g/mol. The maximum atomic E-state index is 5.80. The van der Waals surface area contributed by atoms with Crippen LogP contribution >= 0.6 is 0 Å². The second-order valence-corrected chi connectivity index (χ2v) is 6.04. The average Bonchev–Trinajstić information content (AvgIpc) is 2.89. The van der Waals surface area contributed by atoms with Crippen LogP contribution in [0.1, 0.15) is 51.5 Å². The molecule has 2 heteroatoms. The molecule has 2 rings (SSSR count). The zero-order valence-electron chi connectivity index (χ0n) is 12.3. The van der Waals surface area contributed by atoms with E-state index in [1.807, 2.05) is 0 Å². The highest BCUT2D eigenvalue weighted by atomic mass is 16.5. The van der Waals surface area contributed by atoms with Crippen molar-refractivity contribution in [2.75, 3.05) is 6.61 Å². The summed E-state index contributed by atoms with van der Waals surface area (Å²) in [7, 11) is 0. The fourth-order valence-corrected chi connectivity index (χ4v) is 2.55. The summed E-state index contributed by atoms with van der Waals surface area (Å²) in [6, 6.07) is 9.22. The highest BCUT2D eigenvalue weighted by Gasteiger charge is 2.13. The molecule has 1 saturated carbocycles. The molecular formula is C17H27NO. The number of hydrogen-bond acceptors (Lipinski definition) is 2. The molecule has 106 valence electrons. The van der Waals surface area contributed by atoms with Gasteiger partial charge in [0.05, 0.1) is 6.61 Å². The van der Waals surface area contributed by atoms with E-state index in [2.05, 4.69) is 43.4 Å². The molecule has 1 N–H and O–H groups in total. The predicted octanol–water partition coefficient (Wildman–Crippen LogP) is 4.14. The van der Waals surface area contributed by atoms with E-state index in [1.165, 1.54) is 31.2 Å². The molecule has 0 saturated heterocycles. The minimum absolute atomic E-state index is 0.701. The minimum atomic E-state index is 0.701. The first-order chi connectivity index (χ1) is 9.24. The second kappa shape index (κ2) is 7.54. The highest BCUT2D eigenvalue weighted by Crippen LogP contribution is 2.19. The van der Waals surface area contributed by atoms with Gasteiger partial charge in [-0.05, 0) is 42.9 Å². The normalized spacial score (nSPS) is 16.2. The van der Waals surface area contributed by atoms with Crippen molar-refractivity contribution in [2.24, 2.45) is 5.92 Å². The van der Waals surface area contributed by atoms with Crippen LogP contribution in [0.5, 0.6) is 5.75 Å².